The highest BCUT2D eigenvalue weighted by Crippen LogP contribution is 2.68. The molecule has 0 spiro atoms. The Labute approximate surface area is 326 Å². The Balaban J connectivity index is 1.52. The van der Waals surface area contributed by atoms with Crippen LogP contribution in [0.1, 0.15) is 90.9 Å². The maximum absolute atomic E-state index is 6.07. The third-order valence-electron chi connectivity index (χ3n) is 8.50. The summed E-state index contributed by atoms with van der Waals surface area (Å²) in [5, 5.41) is 0. The van der Waals surface area contributed by atoms with Gasteiger partial charge in [0, 0.05) is 63.5 Å². The summed E-state index contributed by atoms with van der Waals surface area (Å²) in [4.78, 5) is 9.66. The molecule has 0 aromatic rings. The van der Waals surface area contributed by atoms with Crippen LogP contribution in [0.5, 0.6) is 0 Å². The molecule has 256 valence electrons. The van der Waals surface area contributed by atoms with Crippen molar-refractivity contribution >= 4 is 153 Å². The first-order chi connectivity index (χ1) is 21.7. The summed E-state index contributed by atoms with van der Waals surface area (Å²) in [6.45, 7) is 13.5. The molecule has 0 saturated carbocycles. The summed E-state index contributed by atoms with van der Waals surface area (Å²) in [5.41, 5.74) is -0.0955. The van der Waals surface area contributed by atoms with Crippen LogP contribution in [0.4, 0.5) is 0 Å². The summed E-state index contributed by atoms with van der Waals surface area (Å²) in [5.74, 6) is 0.962. The van der Waals surface area contributed by atoms with Gasteiger partial charge >= 0.3 is 0 Å². The molecule has 4 aliphatic heterocycles. The van der Waals surface area contributed by atoms with E-state index in [0.717, 1.165) is 75.4 Å². The van der Waals surface area contributed by atoms with E-state index in [-0.39, 0.29) is 8.83 Å². The van der Waals surface area contributed by atoms with Crippen LogP contribution in [0, 0.1) is 5.41 Å². The van der Waals surface area contributed by atoms with E-state index in [9.17, 15) is 0 Å². The van der Waals surface area contributed by atoms with E-state index in [4.69, 9.17) is 48.9 Å². The van der Waals surface area contributed by atoms with Gasteiger partial charge in [0.05, 0.1) is 0 Å². The van der Waals surface area contributed by atoms with Gasteiger partial charge in [0.1, 0.15) is 20.7 Å². The minimum atomic E-state index is -0.271. The fraction of sp³-hybridized carbons (Fsp3) is 0.862. The van der Waals surface area contributed by atoms with Gasteiger partial charge < -0.3 is 19.6 Å². The van der Waals surface area contributed by atoms with Crippen LogP contribution in [-0.2, 0) is 0 Å². The molecule has 0 N–H and O–H groups in total. The highest BCUT2D eigenvalue weighted by Gasteiger charge is 2.50. The van der Waals surface area contributed by atoms with Crippen molar-refractivity contribution in [3.8, 4) is 0 Å². The first kappa shape index (κ1) is 40.1. The molecular formula is C29H48N4S12. The average Bonchev–Trinajstić information content (AvgIpc) is 3.08. The first-order valence-electron chi connectivity index (χ1n) is 16.2. The van der Waals surface area contributed by atoms with Crippen molar-refractivity contribution in [1.29, 1.82) is 0 Å². The number of thiocarbonyl (C=S) groups is 4. The third-order valence-corrected chi connectivity index (χ3v) is 25.9. The summed E-state index contributed by atoms with van der Waals surface area (Å²) in [6.07, 6.45) is 15.1. The van der Waals surface area contributed by atoms with Gasteiger partial charge in [-0.15, -0.1) is 0 Å². The van der Waals surface area contributed by atoms with Gasteiger partial charge in [-0.1, -0.05) is 106 Å². The Morgan fingerprint density at radius 1 is 0.444 bits per heavy atom. The van der Waals surface area contributed by atoms with E-state index in [1.54, 1.807) is 43.2 Å². The molecule has 0 amide bonds. The van der Waals surface area contributed by atoms with E-state index in [2.05, 4.69) is 33.4 Å². The van der Waals surface area contributed by atoms with Crippen molar-refractivity contribution in [2.45, 2.75) is 94.3 Å². The minimum absolute atomic E-state index is 0.0955. The molecule has 4 fully saturated rings. The summed E-state index contributed by atoms with van der Waals surface area (Å²) in [7, 11) is 14.9. The predicted octanol–water partition coefficient (Wildman–Crippen LogP) is 11.3. The predicted molar refractivity (Wildman–Crippen MR) is 234 cm³/mol. The lowest BCUT2D eigenvalue weighted by Crippen LogP contribution is -2.39. The summed E-state index contributed by atoms with van der Waals surface area (Å²) in [6, 6.07) is 0. The van der Waals surface area contributed by atoms with E-state index in [1.165, 1.54) is 77.0 Å². The van der Waals surface area contributed by atoms with Gasteiger partial charge in [-0.2, -0.15) is 0 Å². The SMILES string of the molecule is CC(C)(CSSC(=S)N1CCCCC1)C(SSC(=S)N1CCCCC1)(SSC(=S)N1CCCCC1)SSC(=S)N1CCCCC1. The minimum Gasteiger partial charge on any atom is -0.357 e. The van der Waals surface area contributed by atoms with Crippen molar-refractivity contribution in [1.82, 2.24) is 19.6 Å². The molecular weight excluding hydrogens is 789 g/mol. The monoisotopic (exact) mass is 836 g/mol. The van der Waals surface area contributed by atoms with E-state index in [0.29, 0.717) is 0 Å². The fourth-order valence-electron chi connectivity index (χ4n) is 5.48. The number of likely N-dealkylation sites (tertiary alicyclic amines) is 4. The molecule has 4 heterocycles. The van der Waals surface area contributed by atoms with Gasteiger partial charge in [0.2, 0.25) is 0 Å². The largest absolute Gasteiger partial charge is 0.357 e. The number of hydrogen-bond acceptors (Lipinski definition) is 12. The van der Waals surface area contributed by atoms with Crippen molar-refractivity contribution in [3.05, 3.63) is 0 Å². The molecule has 4 nitrogen and oxygen atoms in total. The Bertz CT molecular complexity index is 891. The maximum atomic E-state index is 6.07. The van der Waals surface area contributed by atoms with Crippen LogP contribution < -0.4 is 0 Å². The lowest BCUT2D eigenvalue weighted by molar-refractivity contribution is 0.352. The molecule has 4 saturated heterocycles. The highest BCUT2D eigenvalue weighted by atomic mass is 33.2. The number of rotatable bonds is 10. The van der Waals surface area contributed by atoms with Crippen molar-refractivity contribution in [2.75, 3.05) is 58.1 Å². The molecule has 0 aromatic carbocycles. The van der Waals surface area contributed by atoms with Crippen LogP contribution in [0.3, 0.4) is 0 Å². The van der Waals surface area contributed by atoms with Crippen molar-refractivity contribution in [2.24, 2.45) is 5.41 Å². The van der Waals surface area contributed by atoms with Gasteiger partial charge in [-0.25, -0.2) is 0 Å². The summed E-state index contributed by atoms with van der Waals surface area (Å²) >= 11 is 24.1. The molecule has 4 aliphatic rings. The Hall–Kier alpha value is 2.36. The topological polar surface area (TPSA) is 13.0 Å². The van der Waals surface area contributed by atoms with E-state index >= 15 is 0 Å². The van der Waals surface area contributed by atoms with Crippen LogP contribution in [0.2, 0.25) is 0 Å². The van der Waals surface area contributed by atoms with Crippen LogP contribution in [0.25, 0.3) is 0 Å². The normalized spacial score (nSPS) is 20.3. The Morgan fingerprint density at radius 3 is 1.00 bits per heavy atom. The molecule has 16 heteroatoms. The molecule has 0 radical (unpaired) electrons. The highest BCUT2D eigenvalue weighted by molar-refractivity contribution is 8.99. The molecule has 0 aliphatic carbocycles. The zero-order valence-corrected chi connectivity index (χ0v) is 36.3. The van der Waals surface area contributed by atoms with Crippen LogP contribution in [0.15, 0.2) is 0 Å². The molecule has 4 rings (SSSR count). The molecule has 45 heavy (non-hydrogen) atoms. The second-order valence-corrected chi connectivity index (χ2v) is 25.2. The van der Waals surface area contributed by atoms with Gasteiger partial charge in [-0.05, 0) is 120 Å². The molecule has 0 atom stereocenters. The maximum Gasteiger partial charge on any atom is 0.147 e. The zero-order chi connectivity index (χ0) is 32.1. The molecule has 0 bridgehead atoms. The Kier molecular flexibility index (Phi) is 18.7. The zero-order valence-electron chi connectivity index (χ0n) is 26.5. The van der Waals surface area contributed by atoms with Crippen molar-refractivity contribution < 1.29 is 0 Å². The quantitative estimate of drug-likeness (QED) is 0.118. The third kappa shape index (κ3) is 12.8. The second kappa shape index (κ2) is 21.0. The smallest absolute Gasteiger partial charge is 0.147 e. The van der Waals surface area contributed by atoms with Gasteiger partial charge in [-0.3, -0.25) is 0 Å². The molecule has 0 aromatic heterocycles. The standard InChI is InChI=1S/C29H48N4S12/c1-28(2,23-38-39-24(34)30-15-7-3-8-16-30)29(43-40-25(35)31-17-9-4-10-18-31,44-41-26(36)32-19-11-5-12-20-32)45-42-27(37)33-21-13-6-14-22-33/h3-23H2,1-2H3. The van der Waals surface area contributed by atoms with Crippen LogP contribution in [-0.4, -0.2) is 98.4 Å². The lowest BCUT2D eigenvalue weighted by atomic mass is 9.99. The van der Waals surface area contributed by atoms with Crippen LogP contribution >= 0.6 is 135 Å². The van der Waals surface area contributed by atoms with E-state index < -0.39 is 0 Å². The number of piperidine rings is 4. The first-order valence-corrected chi connectivity index (χ1v) is 26.6. The van der Waals surface area contributed by atoms with Gasteiger partial charge in [0.15, 0.2) is 0 Å². The Morgan fingerprint density at radius 2 is 0.711 bits per heavy atom. The molecule has 0 unspecified atom stereocenters. The fourth-order valence-corrected chi connectivity index (χ4v) is 22.6. The van der Waals surface area contributed by atoms with E-state index in [1.807, 2.05) is 43.2 Å². The van der Waals surface area contributed by atoms with Gasteiger partial charge in [0.25, 0.3) is 0 Å². The second-order valence-electron chi connectivity index (χ2n) is 12.5. The average molecular weight is 838 g/mol. The lowest BCUT2D eigenvalue weighted by Gasteiger charge is -2.44. The van der Waals surface area contributed by atoms with Crippen molar-refractivity contribution in [3.63, 3.8) is 0 Å². The number of nitrogens with zero attached hydrogens (tertiary/aromatic N) is 4. The number of hydrogen-bond donors (Lipinski definition) is 0. The summed E-state index contributed by atoms with van der Waals surface area (Å²) < 4.78 is 3.81.